The maximum atomic E-state index is 11.7. The van der Waals surface area contributed by atoms with Gasteiger partial charge in [-0.15, -0.1) is 0 Å². The molecule has 4 heterocycles. The second-order valence-electron chi connectivity index (χ2n) is 10.8. The van der Waals surface area contributed by atoms with E-state index < -0.39 is 23.9 Å². The first-order valence-electron chi connectivity index (χ1n) is 15.6. The molecule has 4 aromatic heterocycles. The summed E-state index contributed by atoms with van der Waals surface area (Å²) in [5.74, 6) is -2.01. The molecule has 252 valence electrons. The van der Waals surface area contributed by atoms with E-state index >= 15 is 0 Å². The molecule has 12 nitrogen and oxygen atoms in total. The maximum absolute atomic E-state index is 11.7. The Morgan fingerprint density at radius 2 is 0.938 bits per heavy atom. The standard InChI is InChI=1S/2C18H22N2O4/c1-3-23-17(21)13-18(22)24-14-20-10-6-16(7-11-20)12-15-4-8-19(2)9-5-15;1-3-17(21)23-14-24-18(22)13-20-10-6-16(7-11-20)12-15-4-8-19(2)9-5-15/h2*4-11H,3,12-14H2,1-2H3/q2*+2. The van der Waals surface area contributed by atoms with E-state index in [1.807, 2.05) is 97.1 Å². The molecule has 0 radical (unpaired) electrons. The third-order valence-corrected chi connectivity index (χ3v) is 6.84. The van der Waals surface area contributed by atoms with Crippen LogP contribution in [-0.4, -0.2) is 37.3 Å². The molecule has 0 bridgehead atoms. The van der Waals surface area contributed by atoms with E-state index in [-0.39, 0.29) is 39.5 Å². The first-order chi connectivity index (χ1) is 23.1. The fourth-order valence-corrected chi connectivity index (χ4v) is 4.16. The number of ether oxygens (including phenoxy) is 4. The van der Waals surface area contributed by atoms with Crippen molar-refractivity contribution in [1.29, 1.82) is 0 Å². The number of hydrogen-bond donors (Lipinski definition) is 0. The zero-order valence-corrected chi connectivity index (χ0v) is 27.9. The fraction of sp³-hybridized carbons (Fsp3) is 0.333. The highest BCUT2D eigenvalue weighted by molar-refractivity contribution is 5.91. The molecule has 0 unspecified atom stereocenters. The van der Waals surface area contributed by atoms with E-state index in [1.165, 1.54) is 11.1 Å². The molecule has 4 rings (SSSR count). The molecule has 0 aliphatic heterocycles. The summed E-state index contributed by atoms with van der Waals surface area (Å²) >= 11 is 0. The molecule has 0 amide bonds. The first-order valence-corrected chi connectivity index (χ1v) is 15.6. The van der Waals surface area contributed by atoms with E-state index in [2.05, 4.69) is 24.3 Å². The number of aryl methyl sites for hydroxylation is 2. The average molecular weight is 661 g/mol. The molecule has 0 aliphatic carbocycles. The predicted octanol–water partition coefficient (Wildman–Crippen LogP) is 1.69. The molecule has 0 saturated carbocycles. The van der Waals surface area contributed by atoms with Crippen molar-refractivity contribution in [3.63, 3.8) is 0 Å². The molecule has 0 N–H and O–H groups in total. The van der Waals surface area contributed by atoms with Crippen LogP contribution in [0.25, 0.3) is 0 Å². The highest BCUT2D eigenvalue weighted by Crippen LogP contribution is 2.07. The van der Waals surface area contributed by atoms with Crippen molar-refractivity contribution in [1.82, 2.24) is 0 Å². The monoisotopic (exact) mass is 660 g/mol. The summed E-state index contributed by atoms with van der Waals surface area (Å²) in [6, 6.07) is 16.2. The van der Waals surface area contributed by atoms with Gasteiger partial charge in [-0.05, 0) is 42.0 Å². The van der Waals surface area contributed by atoms with Crippen molar-refractivity contribution in [2.75, 3.05) is 13.4 Å². The molecular weight excluding hydrogens is 616 g/mol. The van der Waals surface area contributed by atoms with Crippen LogP contribution in [0.2, 0.25) is 0 Å². The van der Waals surface area contributed by atoms with E-state index in [0.29, 0.717) is 0 Å². The summed E-state index contributed by atoms with van der Waals surface area (Å²) in [5.41, 5.74) is 4.78. The Morgan fingerprint density at radius 3 is 1.40 bits per heavy atom. The summed E-state index contributed by atoms with van der Waals surface area (Å²) in [5, 5.41) is 0. The third-order valence-electron chi connectivity index (χ3n) is 6.84. The van der Waals surface area contributed by atoms with Crippen LogP contribution in [0.5, 0.6) is 0 Å². The van der Waals surface area contributed by atoms with Gasteiger partial charge in [0, 0.05) is 55.0 Å². The molecule has 0 saturated heterocycles. The smallest absolute Gasteiger partial charge is 0.375 e. The van der Waals surface area contributed by atoms with Crippen LogP contribution in [0, 0.1) is 0 Å². The van der Waals surface area contributed by atoms with E-state index in [4.69, 9.17) is 18.9 Å². The van der Waals surface area contributed by atoms with Crippen molar-refractivity contribution in [3.05, 3.63) is 120 Å². The summed E-state index contributed by atoms with van der Waals surface area (Å²) < 4.78 is 26.7. The molecular formula is C36H44N4O8+4. The van der Waals surface area contributed by atoms with Crippen LogP contribution in [0.4, 0.5) is 0 Å². The number of hydrogen-bond acceptors (Lipinski definition) is 8. The van der Waals surface area contributed by atoms with Gasteiger partial charge in [0.2, 0.25) is 13.3 Å². The minimum absolute atomic E-state index is 0.0691. The summed E-state index contributed by atoms with van der Waals surface area (Å²) in [7, 11) is 3.97. The topological polar surface area (TPSA) is 121 Å². The van der Waals surface area contributed by atoms with E-state index in [0.717, 1.165) is 24.0 Å². The zero-order chi connectivity index (χ0) is 34.7. The van der Waals surface area contributed by atoms with Gasteiger partial charge in [-0.3, -0.25) is 14.4 Å². The van der Waals surface area contributed by atoms with Gasteiger partial charge in [-0.1, -0.05) is 6.92 Å². The Hall–Kier alpha value is -5.52. The normalized spacial score (nSPS) is 10.2. The summed E-state index contributed by atoms with van der Waals surface area (Å²) in [6.45, 7) is 3.43. The van der Waals surface area contributed by atoms with Crippen LogP contribution in [0.3, 0.4) is 0 Å². The van der Waals surface area contributed by atoms with Crippen molar-refractivity contribution < 1.29 is 56.4 Å². The van der Waals surface area contributed by atoms with Crippen LogP contribution in [-0.2, 0) is 78.3 Å². The lowest BCUT2D eigenvalue weighted by Gasteiger charge is -2.04. The van der Waals surface area contributed by atoms with Gasteiger partial charge < -0.3 is 18.9 Å². The quantitative estimate of drug-likeness (QED) is 0.0659. The molecule has 48 heavy (non-hydrogen) atoms. The van der Waals surface area contributed by atoms with Gasteiger partial charge in [0.15, 0.2) is 49.6 Å². The zero-order valence-electron chi connectivity index (χ0n) is 27.9. The molecule has 0 atom stereocenters. The minimum atomic E-state index is -0.595. The van der Waals surface area contributed by atoms with Gasteiger partial charge in [0.1, 0.15) is 20.5 Å². The molecule has 12 heteroatoms. The SMILES string of the molecule is CCC(=O)OCOC(=O)C[n+]1ccc(Cc2cc[n+](C)cc2)cc1.CCOC(=O)CC(=O)OC[n+]1ccc(Cc2cc[n+](C)cc2)cc1. The number of nitrogens with zero attached hydrogens (tertiary/aromatic N) is 4. The van der Waals surface area contributed by atoms with Crippen molar-refractivity contribution in [3.8, 4) is 0 Å². The van der Waals surface area contributed by atoms with Crippen molar-refractivity contribution >= 4 is 23.9 Å². The van der Waals surface area contributed by atoms with Crippen molar-refractivity contribution in [2.45, 2.75) is 52.8 Å². The average Bonchev–Trinajstić information content (AvgIpc) is 3.07. The summed E-state index contributed by atoms with van der Waals surface area (Å²) in [4.78, 5) is 45.3. The maximum Gasteiger partial charge on any atom is 0.375 e. The van der Waals surface area contributed by atoms with Crippen LogP contribution >= 0.6 is 0 Å². The highest BCUT2D eigenvalue weighted by atomic mass is 16.7. The highest BCUT2D eigenvalue weighted by Gasteiger charge is 2.14. The predicted molar refractivity (Wildman–Crippen MR) is 169 cm³/mol. The summed E-state index contributed by atoms with van der Waals surface area (Å²) in [6.07, 6.45) is 17.0. The number of aromatic nitrogens is 4. The van der Waals surface area contributed by atoms with E-state index in [9.17, 15) is 19.2 Å². The molecule has 0 fully saturated rings. The van der Waals surface area contributed by atoms with Crippen LogP contribution in [0.15, 0.2) is 98.1 Å². The number of pyridine rings is 4. The van der Waals surface area contributed by atoms with Crippen molar-refractivity contribution in [2.24, 2.45) is 14.1 Å². The first kappa shape index (κ1) is 36.9. The largest absolute Gasteiger partial charge is 0.466 e. The van der Waals surface area contributed by atoms with Gasteiger partial charge in [-0.25, -0.2) is 13.9 Å². The Labute approximate surface area is 280 Å². The lowest BCUT2D eigenvalue weighted by atomic mass is 10.1. The molecule has 4 aromatic rings. The Bertz CT molecular complexity index is 1610. The number of carbonyl (C=O) groups excluding carboxylic acids is 4. The number of rotatable bonds is 14. The van der Waals surface area contributed by atoms with Gasteiger partial charge in [0.05, 0.1) is 6.61 Å². The lowest BCUT2D eigenvalue weighted by molar-refractivity contribution is -0.727. The third kappa shape index (κ3) is 14.3. The molecule has 0 spiro atoms. The Morgan fingerprint density at radius 1 is 0.521 bits per heavy atom. The number of esters is 4. The molecule has 0 aromatic carbocycles. The molecule has 0 aliphatic rings. The lowest BCUT2D eigenvalue weighted by Crippen LogP contribution is -2.38. The minimum Gasteiger partial charge on any atom is -0.466 e. The van der Waals surface area contributed by atoms with Gasteiger partial charge >= 0.3 is 23.9 Å². The Balaban J connectivity index is 0.000000260. The van der Waals surface area contributed by atoms with Gasteiger partial charge in [0.25, 0.3) is 6.73 Å². The second kappa shape index (κ2) is 19.9. The fourth-order valence-electron chi connectivity index (χ4n) is 4.16. The van der Waals surface area contributed by atoms with E-state index in [1.54, 1.807) is 23.0 Å². The van der Waals surface area contributed by atoms with Gasteiger partial charge in [-0.2, -0.15) is 9.13 Å². The van der Waals surface area contributed by atoms with Crippen LogP contribution < -0.4 is 18.3 Å². The number of carbonyl (C=O) groups is 4. The Kier molecular flexibility index (Phi) is 15.3. The van der Waals surface area contributed by atoms with Crippen LogP contribution in [0.1, 0.15) is 48.9 Å². The second-order valence-corrected chi connectivity index (χ2v) is 10.8.